The summed E-state index contributed by atoms with van der Waals surface area (Å²) in [6.07, 6.45) is 0.745. The van der Waals surface area contributed by atoms with Gasteiger partial charge in [-0.05, 0) is 16.7 Å². The first kappa shape index (κ1) is 12.6. The molecule has 0 heterocycles. The summed E-state index contributed by atoms with van der Waals surface area (Å²) in [4.78, 5) is 11.7. The summed E-state index contributed by atoms with van der Waals surface area (Å²) in [6, 6.07) is 18.1. The molecular formula is C17H14O3. The number of rotatable bonds is 4. The fraction of sp³-hybridized carbons (Fsp3) is 0.118. The van der Waals surface area contributed by atoms with Gasteiger partial charge in [-0.25, -0.2) is 0 Å². The monoisotopic (exact) mass is 266 g/mol. The van der Waals surface area contributed by atoms with Crippen molar-refractivity contribution in [2.24, 2.45) is 0 Å². The topological polar surface area (TPSA) is 57.5 Å². The molecule has 2 atom stereocenters. The highest BCUT2D eigenvalue weighted by Gasteiger charge is 2.55. The van der Waals surface area contributed by atoms with E-state index in [2.05, 4.69) is 0 Å². The van der Waals surface area contributed by atoms with Gasteiger partial charge in [0.15, 0.2) is 0 Å². The summed E-state index contributed by atoms with van der Waals surface area (Å²) < 4.78 is 0. The van der Waals surface area contributed by atoms with Crippen molar-refractivity contribution < 1.29 is 15.0 Å². The molecule has 3 nitrogen and oxygen atoms in total. The number of hydrogen-bond donors (Lipinski definition) is 2. The van der Waals surface area contributed by atoms with Gasteiger partial charge in [0.1, 0.15) is 11.5 Å². The number of benzene rings is 2. The number of carbonyl (C=O) groups is 1. The smallest absolute Gasteiger partial charge is 0.322 e. The van der Waals surface area contributed by atoms with E-state index in [9.17, 15) is 15.0 Å². The zero-order chi connectivity index (χ0) is 14.2. The van der Waals surface area contributed by atoms with E-state index in [1.54, 1.807) is 42.5 Å². The van der Waals surface area contributed by atoms with Crippen molar-refractivity contribution in [3.8, 4) is 0 Å². The van der Waals surface area contributed by atoms with Gasteiger partial charge < -0.3 is 10.2 Å². The third kappa shape index (κ3) is 1.84. The lowest BCUT2D eigenvalue weighted by molar-refractivity contribution is -0.139. The molecule has 0 saturated heterocycles. The Labute approximate surface area is 116 Å². The van der Waals surface area contributed by atoms with Gasteiger partial charge in [0, 0.05) is 0 Å². The summed E-state index contributed by atoms with van der Waals surface area (Å²) in [5.74, 6) is -0.950. The Kier molecular flexibility index (Phi) is 2.92. The number of hydrogen-bond acceptors (Lipinski definition) is 2. The lowest BCUT2D eigenvalue weighted by Gasteiger charge is -2.17. The van der Waals surface area contributed by atoms with E-state index in [-0.39, 0.29) is 0 Å². The molecule has 2 aromatic carbocycles. The largest absolute Gasteiger partial charge is 0.480 e. The molecule has 2 N–H and O–H groups in total. The van der Waals surface area contributed by atoms with E-state index in [0.29, 0.717) is 16.7 Å². The van der Waals surface area contributed by atoms with E-state index in [4.69, 9.17) is 0 Å². The van der Waals surface area contributed by atoms with E-state index in [1.165, 1.54) is 0 Å². The van der Waals surface area contributed by atoms with Gasteiger partial charge in [-0.2, -0.15) is 0 Å². The second-order valence-corrected chi connectivity index (χ2v) is 4.89. The first-order chi connectivity index (χ1) is 9.66. The molecular weight excluding hydrogens is 252 g/mol. The van der Waals surface area contributed by atoms with Gasteiger partial charge in [0.25, 0.3) is 0 Å². The summed E-state index contributed by atoms with van der Waals surface area (Å²) in [6.45, 7) is 0. The molecule has 0 spiro atoms. The zero-order valence-electron chi connectivity index (χ0n) is 10.7. The Bertz CT molecular complexity index is 661. The third-order valence-electron chi connectivity index (χ3n) is 3.72. The molecule has 2 aromatic rings. The highest BCUT2D eigenvalue weighted by Crippen LogP contribution is 2.52. The van der Waals surface area contributed by atoms with Crippen LogP contribution in [-0.4, -0.2) is 16.2 Å². The Morgan fingerprint density at radius 1 is 0.950 bits per heavy atom. The van der Waals surface area contributed by atoms with Crippen LogP contribution in [0.5, 0.6) is 0 Å². The molecule has 1 aliphatic carbocycles. The number of carboxylic acid groups (broad SMARTS) is 1. The molecule has 0 radical (unpaired) electrons. The van der Waals surface area contributed by atoms with Crippen LogP contribution in [0.3, 0.4) is 0 Å². The van der Waals surface area contributed by atoms with Gasteiger partial charge in [-0.1, -0.05) is 66.7 Å². The summed E-state index contributed by atoms with van der Waals surface area (Å²) in [5, 5.41) is 19.9. The molecule has 1 unspecified atom stereocenters. The van der Waals surface area contributed by atoms with Crippen LogP contribution in [0.15, 0.2) is 72.3 Å². The van der Waals surface area contributed by atoms with Crippen molar-refractivity contribution in [3.63, 3.8) is 0 Å². The number of aliphatic carboxylic acids is 1. The Morgan fingerprint density at radius 2 is 1.50 bits per heavy atom. The minimum absolute atomic E-state index is 0.530. The maximum atomic E-state index is 11.7. The van der Waals surface area contributed by atoms with Crippen molar-refractivity contribution in [1.29, 1.82) is 0 Å². The molecule has 0 aromatic heterocycles. The highest BCUT2D eigenvalue weighted by atomic mass is 16.4. The van der Waals surface area contributed by atoms with Crippen LogP contribution in [-0.2, 0) is 10.2 Å². The maximum Gasteiger partial charge on any atom is 0.322 e. The van der Waals surface area contributed by atoms with Crippen LogP contribution in [0.25, 0.3) is 0 Å². The lowest BCUT2D eigenvalue weighted by Crippen LogP contribution is -2.25. The molecule has 3 rings (SSSR count). The van der Waals surface area contributed by atoms with Gasteiger partial charge >= 0.3 is 5.97 Å². The molecule has 0 aliphatic heterocycles. The van der Waals surface area contributed by atoms with Crippen molar-refractivity contribution in [2.75, 3.05) is 0 Å². The van der Waals surface area contributed by atoms with Crippen LogP contribution in [0, 0.1) is 0 Å². The molecule has 0 saturated carbocycles. The lowest BCUT2D eigenvalue weighted by atomic mass is 9.87. The van der Waals surface area contributed by atoms with Gasteiger partial charge in [-0.15, -0.1) is 0 Å². The van der Waals surface area contributed by atoms with E-state index in [0.717, 1.165) is 0 Å². The van der Waals surface area contributed by atoms with Crippen LogP contribution < -0.4 is 0 Å². The summed E-state index contributed by atoms with van der Waals surface area (Å²) in [5.41, 5.74) is 0.758. The van der Waals surface area contributed by atoms with Crippen molar-refractivity contribution >= 4 is 5.97 Å². The number of carboxylic acids is 1. The Balaban J connectivity index is 1.94. The van der Waals surface area contributed by atoms with Crippen molar-refractivity contribution in [3.05, 3.63) is 83.4 Å². The highest BCUT2D eigenvalue weighted by molar-refractivity contribution is 5.95. The fourth-order valence-corrected chi connectivity index (χ4v) is 2.57. The molecule has 3 heteroatoms. The van der Waals surface area contributed by atoms with E-state index < -0.39 is 17.5 Å². The summed E-state index contributed by atoms with van der Waals surface area (Å²) in [7, 11) is 0. The normalized spacial score (nSPS) is 21.9. The van der Waals surface area contributed by atoms with Gasteiger partial charge in [0.05, 0.1) is 0 Å². The first-order valence-corrected chi connectivity index (χ1v) is 6.41. The van der Waals surface area contributed by atoms with Crippen LogP contribution in [0.2, 0.25) is 0 Å². The average molecular weight is 266 g/mol. The Morgan fingerprint density at radius 3 is 2.05 bits per heavy atom. The SMILES string of the molecule is O=C(O)[C@@]1(c2ccccc2)C=C1C(O)c1ccccc1. The second-order valence-electron chi connectivity index (χ2n) is 4.89. The van der Waals surface area contributed by atoms with Gasteiger partial charge in [-0.3, -0.25) is 4.79 Å². The molecule has 0 fully saturated rings. The van der Waals surface area contributed by atoms with Crippen molar-refractivity contribution in [1.82, 2.24) is 0 Å². The minimum atomic E-state index is -1.16. The molecule has 1 aliphatic rings. The predicted molar refractivity (Wildman–Crippen MR) is 75.2 cm³/mol. The number of aliphatic hydroxyl groups is 1. The molecule has 20 heavy (non-hydrogen) atoms. The molecule has 100 valence electrons. The van der Waals surface area contributed by atoms with E-state index in [1.807, 2.05) is 24.3 Å². The zero-order valence-corrected chi connectivity index (χ0v) is 10.7. The van der Waals surface area contributed by atoms with Crippen LogP contribution in [0.4, 0.5) is 0 Å². The first-order valence-electron chi connectivity index (χ1n) is 6.41. The van der Waals surface area contributed by atoms with Crippen LogP contribution in [0.1, 0.15) is 17.2 Å². The van der Waals surface area contributed by atoms with E-state index >= 15 is 0 Å². The van der Waals surface area contributed by atoms with Crippen LogP contribution >= 0.6 is 0 Å². The second kappa shape index (κ2) is 4.62. The predicted octanol–water partition coefficient (Wildman–Crippen LogP) is 2.68. The van der Waals surface area contributed by atoms with Gasteiger partial charge in [0.2, 0.25) is 0 Å². The van der Waals surface area contributed by atoms with Crippen molar-refractivity contribution in [2.45, 2.75) is 11.5 Å². The third-order valence-corrected chi connectivity index (χ3v) is 3.72. The quantitative estimate of drug-likeness (QED) is 0.836. The standard InChI is InChI=1S/C17H14O3/c18-15(12-7-3-1-4-8-12)14-11-17(14,16(19)20)13-9-5-2-6-10-13/h1-11,15,18H,(H,19,20)/t15?,17-/m1/s1. The minimum Gasteiger partial charge on any atom is -0.480 e. The average Bonchev–Trinajstić information content (AvgIpc) is 3.25. The number of aliphatic hydroxyl groups excluding tert-OH is 1. The Hall–Kier alpha value is -2.39. The fourth-order valence-electron chi connectivity index (χ4n) is 2.57. The molecule has 0 amide bonds. The molecule has 0 bridgehead atoms. The maximum absolute atomic E-state index is 11.7. The summed E-state index contributed by atoms with van der Waals surface area (Å²) >= 11 is 0.